The fourth-order valence-corrected chi connectivity index (χ4v) is 1.48. The number of benzene rings is 1. The van der Waals surface area contributed by atoms with Gasteiger partial charge >= 0.3 is 6.18 Å². The average Bonchev–Trinajstić information content (AvgIpc) is 2.26. The van der Waals surface area contributed by atoms with Crippen molar-refractivity contribution in [2.75, 3.05) is 13.6 Å². The highest BCUT2D eigenvalue weighted by Gasteiger charge is 2.30. The Morgan fingerprint density at radius 1 is 1.19 bits per heavy atom. The second-order valence-electron chi connectivity index (χ2n) is 3.87. The Morgan fingerprint density at radius 3 is 2.06 bits per heavy atom. The largest absolute Gasteiger partial charge is 0.416 e. The number of rotatable bonds is 3. The van der Waals surface area contributed by atoms with Crippen LogP contribution in [0.3, 0.4) is 0 Å². The van der Waals surface area contributed by atoms with E-state index in [0.29, 0.717) is 0 Å². The summed E-state index contributed by atoms with van der Waals surface area (Å²) >= 11 is 0. The van der Waals surface area contributed by atoms with Crippen molar-refractivity contribution in [3.63, 3.8) is 0 Å². The molecule has 4 heteroatoms. The van der Waals surface area contributed by atoms with Gasteiger partial charge in [0.1, 0.15) is 0 Å². The third-order valence-electron chi connectivity index (χ3n) is 2.88. The molecule has 0 heterocycles. The molecule has 1 atom stereocenters. The lowest BCUT2D eigenvalue weighted by molar-refractivity contribution is -0.137. The Hall–Kier alpha value is -1.03. The van der Waals surface area contributed by atoms with Gasteiger partial charge in [0, 0.05) is 6.04 Å². The van der Waals surface area contributed by atoms with E-state index in [1.165, 1.54) is 0 Å². The fraction of sp³-hybridized carbons (Fsp3) is 0.500. The first kappa shape index (κ1) is 13.0. The maximum atomic E-state index is 12.3. The summed E-state index contributed by atoms with van der Waals surface area (Å²) in [6, 6.07) is 5.48. The molecule has 0 aliphatic carbocycles. The van der Waals surface area contributed by atoms with Crippen molar-refractivity contribution >= 4 is 0 Å². The zero-order valence-electron chi connectivity index (χ0n) is 9.67. The molecule has 0 saturated heterocycles. The standard InChI is InChI=1S/C12H16F3N/c1-4-16(3)9(2)10-5-7-11(8-6-10)12(13,14)15/h5-9H,4H2,1-3H3. The van der Waals surface area contributed by atoms with Crippen LogP contribution in [0.4, 0.5) is 13.2 Å². The summed E-state index contributed by atoms with van der Waals surface area (Å²) in [7, 11) is 1.95. The third-order valence-corrected chi connectivity index (χ3v) is 2.88. The molecule has 0 saturated carbocycles. The van der Waals surface area contributed by atoms with E-state index in [4.69, 9.17) is 0 Å². The second-order valence-corrected chi connectivity index (χ2v) is 3.87. The molecule has 0 spiro atoms. The van der Waals surface area contributed by atoms with E-state index in [2.05, 4.69) is 4.90 Å². The van der Waals surface area contributed by atoms with Crippen molar-refractivity contribution in [3.8, 4) is 0 Å². The van der Waals surface area contributed by atoms with Gasteiger partial charge in [0.05, 0.1) is 5.56 Å². The van der Waals surface area contributed by atoms with E-state index in [9.17, 15) is 13.2 Å². The molecule has 90 valence electrons. The van der Waals surface area contributed by atoms with Gasteiger partial charge in [-0.25, -0.2) is 0 Å². The lowest BCUT2D eigenvalue weighted by atomic mass is 10.1. The molecule has 1 aromatic rings. The maximum Gasteiger partial charge on any atom is 0.416 e. The van der Waals surface area contributed by atoms with Gasteiger partial charge in [-0.1, -0.05) is 19.1 Å². The van der Waals surface area contributed by atoms with Crippen LogP contribution in [0.15, 0.2) is 24.3 Å². The Morgan fingerprint density at radius 2 is 1.69 bits per heavy atom. The highest BCUT2D eigenvalue weighted by Crippen LogP contribution is 2.30. The third kappa shape index (κ3) is 2.98. The van der Waals surface area contributed by atoms with Gasteiger partial charge in [-0.05, 0) is 38.2 Å². The van der Waals surface area contributed by atoms with Gasteiger partial charge in [-0.2, -0.15) is 13.2 Å². The predicted octanol–water partition coefficient (Wildman–Crippen LogP) is 3.72. The first-order valence-corrected chi connectivity index (χ1v) is 5.23. The summed E-state index contributed by atoms with van der Waals surface area (Å²) in [6.07, 6.45) is -4.25. The van der Waals surface area contributed by atoms with Gasteiger partial charge < -0.3 is 0 Å². The van der Waals surface area contributed by atoms with Crippen LogP contribution in [-0.4, -0.2) is 18.5 Å². The van der Waals surface area contributed by atoms with E-state index >= 15 is 0 Å². The van der Waals surface area contributed by atoms with Crippen LogP contribution in [-0.2, 0) is 6.18 Å². The van der Waals surface area contributed by atoms with Crippen LogP contribution in [0.1, 0.15) is 31.0 Å². The monoisotopic (exact) mass is 231 g/mol. The van der Waals surface area contributed by atoms with Crippen molar-refractivity contribution in [1.82, 2.24) is 4.90 Å². The van der Waals surface area contributed by atoms with Gasteiger partial charge in [0.25, 0.3) is 0 Å². The van der Waals surface area contributed by atoms with Gasteiger partial charge in [0.2, 0.25) is 0 Å². The van der Waals surface area contributed by atoms with Crippen molar-refractivity contribution in [2.45, 2.75) is 26.1 Å². The Kier molecular flexibility index (Phi) is 3.97. The van der Waals surface area contributed by atoms with E-state index in [1.807, 2.05) is 20.9 Å². The van der Waals surface area contributed by atoms with Crippen LogP contribution in [0.2, 0.25) is 0 Å². The summed E-state index contributed by atoms with van der Waals surface area (Å²) < 4.78 is 37.0. The summed E-state index contributed by atoms with van der Waals surface area (Å²) in [5, 5.41) is 0. The lowest BCUT2D eigenvalue weighted by Crippen LogP contribution is -2.21. The molecule has 0 aromatic heterocycles. The summed E-state index contributed by atoms with van der Waals surface area (Å²) in [5.41, 5.74) is 0.306. The molecule has 0 aliphatic rings. The molecule has 1 unspecified atom stereocenters. The minimum atomic E-state index is -4.25. The number of halogens is 3. The molecule has 0 bridgehead atoms. The fourth-order valence-electron chi connectivity index (χ4n) is 1.48. The topological polar surface area (TPSA) is 3.24 Å². The Bertz CT molecular complexity index is 329. The van der Waals surface area contributed by atoms with E-state index < -0.39 is 11.7 Å². The van der Waals surface area contributed by atoms with E-state index in [0.717, 1.165) is 24.2 Å². The highest BCUT2D eigenvalue weighted by molar-refractivity contribution is 5.26. The smallest absolute Gasteiger partial charge is 0.300 e. The molecule has 0 fully saturated rings. The van der Waals surface area contributed by atoms with Gasteiger partial charge in [-0.3, -0.25) is 4.90 Å². The van der Waals surface area contributed by atoms with Crippen LogP contribution in [0.25, 0.3) is 0 Å². The van der Waals surface area contributed by atoms with Crippen LogP contribution < -0.4 is 0 Å². The van der Waals surface area contributed by atoms with Crippen molar-refractivity contribution in [1.29, 1.82) is 0 Å². The van der Waals surface area contributed by atoms with Crippen LogP contribution >= 0.6 is 0 Å². The lowest BCUT2D eigenvalue weighted by Gasteiger charge is -2.23. The van der Waals surface area contributed by atoms with Crippen molar-refractivity contribution in [2.24, 2.45) is 0 Å². The zero-order chi connectivity index (χ0) is 12.3. The maximum absolute atomic E-state index is 12.3. The molecule has 0 radical (unpaired) electrons. The average molecular weight is 231 g/mol. The molecule has 0 amide bonds. The van der Waals surface area contributed by atoms with Gasteiger partial charge in [0.15, 0.2) is 0 Å². The molecule has 1 nitrogen and oxygen atoms in total. The predicted molar refractivity (Wildman–Crippen MR) is 58.2 cm³/mol. The molecule has 0 N–H and O–H groups in total. The molecule has 16 heavy (non-hydrogen) atoms. The summed E-state index contributed by atoms with van der Waals surface area (Å²) in [5.74, 6) is 0. The number of alkyl halides is 3. The van der Waals surface area contributed by atoms with E-state index in [1.54, 1.807) is 12.1 Å². The number of nitrogens with zero attached hydrogens (tertiary/aromatic N) is 1. The SMILES string of the molecule is CCN(C)C(C)c1ccc(C(F)(F)F)cc1. The van der Waals surface area contributed by atoms with Crippen molar-refractivity contribution < 1.29 is 13.2 Å². The van der Waals surface area contributed by atoms with Crippen LogP contribution in [0.5, 0.6) is 0 Å². The Labute approximate surface area is 93.9 Å². The molecular weight excluding hydrogens is 215 g/mol. The molecule has 1 aromatic carbocycles. The molecule has 1 rings (SSSR count). The van der Waals surface area contributed by atoms with Crippen LogP contribution in [0, 0.1) is 0 Å². The summed E-state index contributed by atoms with van der Waals surface area (Å²) in [4.78, 5) is 2.07. The minimum Gasteiger partial charge on any atom is -0.300 e. The molecular formula is C12H16F3N. The minimum absolute atomic E-state index is 0.132. The highest BCUT2D eigenvalue weighted by atomic mass is 19.4. The first-order valence-electron chi connectivity index (χ1n) is 5.23. The second kappa shape index (κ2) is 4.87. The van der Waals surface area contributed by atoms with Crippen molar-refractivity contribution in [3.05, 3.63) is 35.4 Å². The summed E-state index contributed by atoms with van der Waals surface area (Å²) in [6.45, 7) is 4.86. The molecule has 0 aliphatic heterocycles. The normalized spacial score (nSPS) is 14.2. The number of hydrogen-bond donors (Lipinski definition) is 0. The number of hydrogen-bond acceptors (Lipinski definition) is 1. The zero-order valence-corrected chi connectivity index (χ0v) is 9.67. The van der Waals surface area contributed by atoms with Gasteiger partial charge in [-0.15, -0.1) is 0 Å². The quantitative estimate of drug-likeness (QED) is 0.766. The Balaban J connectivity index is 2.87. The first-order chi connectivity index (χ1) is 7.36. The van der Waals surface area contributed by atoms with E-state index in [-0.39, 0.29) is 6.04 Å².